The zero-order valence-electron chi connectivity index (χ0n) is 9.17. The number of pyridine rings is 1. The van der Waals surface area contributed by atoms with Crippen LogP contribution in [0.5, 0.6) is 0 Å². The van der Waals surface area contributed by atoms with Crippen molar-refractivity contribution in [3.8, 4) is 0 Å². The molecule has 0 aliphatic heterocycles. The zero-order valence-corrected chi connectivity index (χ0v) is 12.3. The van der Waals surface area contributed by atoms with Crippen LogP contribution in [0.3, 0.4) is 0 Å². The summed E-state index contributed by atoms with van der Waals surface area (Å²) in [6.07, 6.45) is 1.71. The number of hydrogen-bond donors (Lipinski definition) is 2. The molecule has 88 valence electrons. The SMILES string of the molecule is Cc1cc(Br)cc(Nc2ncc(Br)cc2N)c1. The maximum atomic E-state index is 5.88. The number of hydrogen-bond acceptors (Lipinski definition) is 3. The van der Waals surface area contributed by atoms with Gasteiger partial charge in [-0.3, -0.25) is 0 Å². The number of rotatable bonds is 2. The summed E-state index contributed by atoms with van der Waals surface area (Å²) >= 11 is 6.78. The lowest BCUT2D eigenvalue weighted by atomic mass is 10.2. The highest BCUT2D eigenvalue weighted by molar-refractivity contribution is 9.10. The smallest absolute Gasteiger partial charge is 0.153 e. The van der Waals surface area contributed by atoms with Gasteiger partial charge in [0.05, 0.1) is 5.69 Å². The van der Waals surface area contributed by atoms with E-state index < -0.39 is 0 Å². The van der Waals surface area contributed by atoms with E-state index in [1.54, 1.807) is 6.20 Å². The average Bonchev–Trinajstić information content (AvgIpc) is 2.21. The van der Waals surface area contributed by atoms with E-state index in [2.05, 4.69) is 42.2 Å². The number of nitrogens with one attached hydrogen (secondary N) is 1. The summed E-state index contributed by atoms with van der Waals surface area (Å²) in [6.45, 7) is 2.04. The van der Waals surface area contributed by atoms with Crippen molar-refractivity contribution >= 4 is 49.1 Å². The van der Waals surface area contributed by atoms with E-state index in [1.807, 2.05) is 31.2 Å². The second-order valence-corrected chi connectivity index (χ2v) is 5.56. The molecule has 0 atom stereocenters. The Kier molecular flexibility index (Phi) is 3.69. The molecule has 2 rings (SSSR count). The summed E-state index contributed by atoms with van der Waals surface area (Å²) in [5.41, 5.74) is 8.61. The summed E-state index contributed by atoms with van der Waals surface area (Å²) in [6, 6.07) is 7.88. The van der Waals surface area contributed by atoms with Crippen LogP contribution in [0.4, 0.5) is 17.2 Å². The van der Waals surface area contributed by atoms with Crippen LogP contribution in [0.15, 0.2) is 39.4 Å². The van der Waals surface area contributed by atoms with Gasteiger partial charge in [0.2, 0.25) is 0 Å². The van der Waals surface area contributed by atoms with E-state index in [9.17, 15) is 0 Å². The number of nitrogens with two attached hydrogens (primary N) is 1. The van der Waals surface area contributed by atoms with Gasteiger partial charge in [-0.2, -0.15) is 0 Å². The van der Waals surface area contributed by atoms with Gasteiger partial charge in [0, 0.05) is 20.8 Å². The van der Waals surface area contributed by atoms with Gasteiger partial charge >= 0.3 is 0 Å². The lowest BCUT2D eigenvalue weighted by Crippen LogP contribution is -1.99. The van der Waals surface area contributed by atoms with Crippen molar-refractivity contribution in [3.05, 3.63) is 45.0 Å². The van der Waals surface area contributed by atoms with Crippen LogP contribution in [0, 0.1) is 6.92 Å². The van der Waals surface area contributed by atoms with Gasteiger partial charge < -0.3 is 11.1 Å². The number of anilines is 3. The molecule has 0 fully saturated rings. The average molecular weight is 357 g/mol. The molecule has 0 saturated heterocycles. The molecule has 1 heterocycles. The highest BCUT2D eigenvalue weighted by Crippen LogP contribution is 2.26. The fraction of sp³-hybridized carbons (Fsp3) is 0.0833. The third-order valence-electron chi connectivity index (χ3n) is 2.19. The fourth-order valence-corrected chi connectivity index (χ4v) is 2.46. The molecule has 17 heavy (non-hydrogen) atoms. The monoisotopic (exact) mass is 355 g/mol. The number of aromatic nitrogens is 1. The number of benzene rings is 1. The van der Waals surface area contributed by atoms with Gasteiger partial charge in [-0.15, -0.1) is 0 Å². The van der Waals surface area contributed by atoms with E-state index in [4.69, 9.17) is 5.73 Å². The van der Waals surface area contributed by atoms with Gasteiger partial charge in [0.25, 0.3) is 0 Å². The van der Waals surface area contributed by atoms with Crippen LogP contribution in [0.2, 0.25) is 0 Å². The zero-order chi connectivity index (χ0) is 12.4. The van der Waals surface area contributed by atoms with E-state index in [-0.39, 0.29) is 0 Å². The Labute approximate surface area is 117 Å². The molecule has 0 saturated carbocycles. The highest BCUT2D eigenvalue weighted by atomic mass is 79.9. The molecular formula is C12H11Br2N3. The molecule has 3 N–H and O–H groups in total. The van der Waals surface area contributed by atoms with Crippen molar-refractivity contribution in [2.45, 2.75) is 6.92 Å². The van der Waals surface area contributed by atoms with Gasteiger partial charge in [-0.25, -0.2) is 4.98 Å². The summed E-state index contributed by atoms with van der Waals surface area (Å²) in [5.74, 6) is 0.658. The van der Waals surface area contributed by atoms with Crippen LogP contribution in [-0.4, -0.2) is 4.98 Å². The first-order valence-corrected chi connectivity index (χ1v) is 6.58. The minimum absolute atomic E-state index is 0.608. The molecular weight excluding hydrogens is 346 g/mol. The van der Waals surface area contributed by atoms with E-state index in [1.165, 1.54) is 0 Å². The van der Waals surface area contributed by atoms with Crippen LogP contribution < -0.4 is 11.1 Å². The van der Waals surface area contributed by atoms with Crippen molar-refractivity contribution in [1.82, 2.24) is 4.98 Å². The van der Waals surface area contributed by atoms with Crippen molar-refractivity contribution < 1.29 is 0 Å². The number of nitrogens with zero attached hydrogens (tertiary/aromatic N) is 1. The summed E-state index contributed by atoms with van der Waals surface area (Å²) < 4.78 is 1.89. The predicted octanol–water partition coefficient (Wildman–Crippen LogP) is 4.24. The number of aryl methyl sites for hydroxylation is 1. The molecule has 0 unspecified atom stereocenters. The molecule has 3 nitrogen and oxygen atoms in total. The topological polar surface area (TPSA) is 50.9 Å². The second-order valence-electron chi connectivity index (χ2n) is 3.73. The lowest BCUT2D eigenvalue weighted by molar-refractivity contribution is 1.29. The normalized spacial score (nSPS) is 10.3. The third-order valence-corrected chi connectivity index (χ3v) is 3.08. The summed E-state index contributed by atoms with van der Waals surface area (Å²) in [5, 5.41) is 3.19. The number of halogens is 2. The van der Waals surface area contributed by atoms with Crippen molar-refractivity contribution in [2.75, 3.05) is 11.1 Å². The largest absolute Gasteiger partial charge is 0.396 e. The molecule has 1 aromatic heterocycles. The first kappa shape index (κ1) is 12.4. The Balaban J connectivity index is 2.31. The molecule has 1 aromatic carbocycles. The van der Waals surface area contributed by atoms with Gasteiger partial charge in [-0.05, 0) is 52.7 Å². The Morgan fingerprint density at radius 3 is 2.53 bits per heavy atom. The quantitative estimate of drug-likeness (QED) is 0.846. The van der Waals surface area contributed by atoms with Crippen LogP contribution in [0.1, 0.15) is 5.56 Å². The second kappa shape index (κ2) is 5.06. The maximum absolute atomic E-state index is 5.88. The Morgan fingerprint density at radius 2 is 1.88 bits per heavy atom. The van der Waals surface area contributed by atoms with Crippen LogP contribution >= 0.6 is 31.9 Å². The maximum Gasteiger partial charge on any atom is 0.153 e. The minimum atomic E-state index is 0.608. The van der Waals surface area contributed by atoms with Crippen LogP contribution in [-0.2, 0) is 0 Å². The molecule has 0 aliphatic carbocycles. The Hall–Kier alpha value is -1.07. The van der Waals surface area contributed by atoms with E-state index >= 15 is 0 Å². The van der Waals surface area contributed by atoms with E-state index in [0.717, 1.165) is 20.2 Å². The third kappa shape index (κ3) is 3.20. The Bertz CT molecular complexity index is 535. The van der Waals surface area contributed by atoms with Gasteiger partial charge in [0.15, 0.2) is 5.82 Å². The fourth-order valence-electron chi connectivity index (χ4n) is 1.50. The summed E-state index contributed by atoms with van der Waals surface area (Å²) in [4.78, 5) is 4.23. The predicted molar refractivity (Wildman–Crippen MR) is 78.5 cm³/mol. The first-order chi connectivity index (χ1) is 8.04. The molecule has 0 amide bonds. The standard InChI is InChI=1S/C12H11Br2N3/c1-7-2-8(13)4-10(3-7)17-12-11(15)5-9(14)6-16-12/h2-6H,15H2,1H3,(H,16,17). The van der Waals surface area contributed by atoms with Gasteiger partial charge in [0.1, 0.15) is 0 Å². The van der Waals surface area contributed by atoms with E-state index in [0.29, 0.717) is 11.5 Å². The summed E-state index contributed by atoms with van der Waals surface area (Å²) in [7, 11) is 0. The van der Waals surface area contributed by atoms with Crippen molar-refractivity contribution in [1.29, 1.82) is 0 Å². The number of nitrogen functional groups attached to an aromatic ring is 1. The first-order valence-electron chi connectivity index (χ1n) is 5.00. The van der Waals surface area contributed by atoms with Crippen molar-refractivity contribution in [2.24, 2.45) is 0 Å². The van der Waals surface area contributed by atoms with Crippen molar-refractivity contribution in [3.63, 3.8) is 0 Å². The molecule has 2 aromatic rings. The lowest BCUT2D eigenvalue weighted by Gasteiger charge is -2.09. The molecule has 0 aliphatic rings. The van der Waals surface area contributed by atoms with Gasteiger partial charge in [-0.1, -0.05) is 15.9 Å². The molecule has 5 heteroatoms. The van der Waals surface area contributed by atoms with Crippen LogP contribution in [0.25, 0.3) is 0 Å². The minimum Gasteiger partial charge on any atom is -0.396 e. The molecule has 0 radical (unpaired) electrons. The molecule has 0 spiro atoms. The molecule has 0 bridgehead atoms. The highest BCUT2D eigenvalue weighted by Gasteiger charge is 2.03. The Morgan fingerprint density at radius 1 is 1.12 bits per heavy atom.